The topological polar surface area (TPSA) is 46.3 Å². The van der Waals surface area contributed by atoms with Crippen LogP contribution in [-0.4, -0.2) is 16.0 Å². The van der Waals surface area contributed by atoms with Crippen LogP contribution in [0.15, 0.2) is 59.1 Å². The average Bonchev–Trinajstić information content (AvgIpc) is 3.12. The van der Waals surface area contributed by atoms with Gasteiger partial charge in [0, 0.05) is 24.6 Å². The Hall–Kier alpha value is -2.88. The molecule has 0 radical (unpaired) electrons. The van der Waals surface area contributed by atoms with E-state index in [1.54, 1.807) is 0 Å². The first-order chi connectivity index (χ1) is 13.4. The van der Waals surface area contributed by atoms with Crippen molar-refractivity contribution in [1.82, 2.24) is 10.1 Å². The molecule has 4 heteroatoms. The Balaban J connectivity index is 1.79. The molecule has 1 amide bonds. The molecule has 4 nitrogen and oxygen atoms in total. The lowest BCUT2D eigenvalue weighted by molar-refractivity contribution is -0.133. The molecule has 3 rings (SSSR count). The number of hydrogen-bond donors (Lipinski definition) is 0. The van der Waals surface area contributed by atoms with Crippen molar-refractivity contribution in [2.45, 2.75) is 47.2 Å². The Bertz CT molecular complexity index is 929. The van der Waals surface area contributed by atoms with Crippen LogP contribution in [0.25, 0.3) is 11.3 Å². The summed E-state index contributed by atoms with van der Waals surface area (Å²) in [6.45, 7) is 9.31. The van der Waals surface area contributed by atoms with E-state index in [0.717, 1.165) is 22.6 Å². The molecule has 2 aromatic carbocycles. The second-order valence-corrected chi connectivity index (χ2v) is 7.81. The number of aromatic nitrogens is 1. The van der Waals surface area contributed by atoms with Crippen LogP contribution in [0.1, 0.15) is 42.7 Å². The number of benzene rings is 2. The van der Waals surface area contributed by atoms with Crippen LogP contribution in [0.2, 0.25) is 0 Å². The maximum Gasteiger partial charge on any atom is 0.223 e. The van der Waals surface area contributed by atoms with E-state index < -0.39 is 0 Å². The molecule has 0 bridgehead atoms. The molecule has 146 valence electrons. The minimum Gasteiger partial charge on any atom is -0.356 e. The van der Waals surface area contributed by atoms with Crippen molar-refractivity contribution in [3.05, 3.63) is 77.0 Å². The Kier molecular flexibility index (Phi) is 6.30. The zero-order valence-corrected chi connectivity index (χ0v) is 17.1. The summed E-state index contributed by atoms with van der Waals surface area (Å²) in [7, 11) is 0. The van der Waals surface area contributed by atoms with Gasteiger partial charge in [0.05, 0.1) is 6.54 Å². The number of aryl methyl sites for hydroxylation is 2. The highest BCUT2D eigenvalue weighted by molar-refractivity contribution is 5.76. The van der Waals surface area contributed by atoms with Crippen molar-refractivity contribution in [1.29, 1.82) is 0 Å². The fourth-order valence-electron chi connectivity index (χ4n) is 3.13. The highest BCUT2D eigenvalue weighted by atomic mass is 16.5. The predicted molar refractivity (Wildman–Crippen MR) is 112 cm³/mol. The molecular weight excluding hydrogens is 348 g/mol. The SMILES string of the molecule is Cc1ccc(-c2cc(CN(Cc3ccccc3)C(=O)CC(C)C)no2)cc1C. The van der Waals surface area contributed by atoms with Gasteiger partial charge in [0.15, 0.2) is 5.76 Å². The molecule has 0 N–H and O–H groups in total. The molecule has 0 spiro atoms. The number of carbonyl (C=O) groups excluding carboxylic acids is 1. The molecule has 0 saturated heterocycles. The van der Waals surface area contributed by atoms with Crippen molar-refractivity contribution >= 4 is 5.91 Å². The smallest absolute Gasteiger partial charge is 0.223 e. The Morgan fingerprint density at radius 1 is 1.00 bits per heavy atom. The van der Waals surface area contributed by atoms with E-state index in [2.05, 4.69) is 45.0 Å². The summed E-state index contributed by atoms with van der Waals surface area (Å²) in [6.07, 6.45) is 0.523. The van der Waals surface area contributed by atoms with E-state index >= 15 is 0 Å². The molecule has 0 fully saturated rings. The van der Waals surface area contributed by atoms with E-state index in [1.165, 1.54) is 11.1 Å². The van der Waals surface area contributed by atoms with Crippen LogP contribution in [0.5, 0.6) is 0 Å². The van der Waals surface area contributed by atoms with Gasteiger partial charge in [0.2, 0.25) is 5.91 Å². The molecule has 3 aromatic rings. The number of nitrogens with zero attached hydrogens (tertiary/aromatic N) is 2. The summed E-state index contributed by atoms with van der Waals surface area (Å²) < 4.78 is 5.57. The van der Waals surface area contributed by atoms with E-state index in [4.69, 9.17) is 4.52 Å². The molecule has 1 aromatic heterocycles. The van der Waals surface area contributed by atoms with Gasteiger partial charge >= 0.3 is 0 Å². The summed E-state index contributed by atoms with van der Waals surface area (Å²) in [5, 5.41) is 4.22. The molecule has 0 aliphatic rings. The highest BCUT2D eigenvalue weighted by Crippen LogP contribution is 2.24. The molecule has 0 atom stereocenters. The largest absolute Gasteiger partial charge is 0.356 e. The predicted octanol–water partition coefficient (Wildman–Crippen LogP) is 5.53. The monoisotopic (exact) mass is 376 g/mol. The number of amides is 1. The molecule has 28 heavy (non-hydrogen) atoms. The minimum atomic E-state index is 0.134. The van der Waals surface area contributed by atoms with Crippen molar-refractivity contribution < 1.29 is 9.32 Å². The van der Waals surface area contributed by atoms with Crippen LogP contribution < -0.4 is 0 Å². The number of hydrogen-bond acceptors (Lipinski definition) is 3. The molecule has 0 aliphatic carbocycles. The van der Waals surface area contributed by atoms with Crippen LogP contribution >= 0.6 is 0 Å². The zero-order chi connectivity index (χ0) is 20.1. The Morgan fingerprint density at radius 2 is 1.75 bits per heavy atom. The average molecular weight is 377 g/mol. The summed E-state index contributed by atoms with van der Waals surface area (Å²) in [5.74, 6) is 1.18. The maximum atomic E-state index is 12.8. The van der Waals surface area contributed by atoms with Crippen molar-refractivity contribution in [3.8, 4) is 11.3 Å². The molecular formula is C24H28N2O2. The van der Waals surface area contributed by atoms with Crippen LogP contribution in [0, 0.1) is 19.8 Å². The van der Waals surface area contributed by atoms with E-state index in [0.29, 0.717) is 25.4 Å². The van der Waals surface area contributed by atoms with Gasteiger partial charge in [-0.2, -0.15) is 0 Å². The lowest BCUT2D eigenvalue weighted by Gasteiger charge is -2.22. The van der Waals surface area contributed by atoms with E-state index in [9.17, 15) is 4.79 Å². The van der Waals surface area contributed by atoms with Crippen LogP contribution in [0.4, 0.5) is 0 Å². The van der Waals surface area contributed by atoms with Gasteiger partial charge in [-0.15, -0.1) is 0 Å². The van der Waals surface area contributed by atoms with Crippen molar-refractivity contribution in [2.75, 3.05) is 0 Å². The molecule has 0 unspecified atom stereocenters. The Labute approximate surface area is 167 Å². The number of carbonyl (C=O) groups is 1. The van der Waals surface area contributed by atoms with Gasteiger partial charge in [0.25, 0.3) is 0 Å². The lowest BCUT2D eigenvalue weighted by Crippen LogP contribution is -2.31. The maximum absolute atomic E-state index is 12.8. The van der Waals surface area contributed by atoms with Gasteiger partial charge in [-0.1, -0.05) is 61.5 Å². The summed E-state index contributed by atoms with van der Waals surface area (Å²) >= 11 is 0. The van der Waals surface area contributed by atoms with E-state index in [-0.39, 0.29) is 5.91 Å². The quantitative estimate of drug-likeness (QED) is 0.544. The second-order valence-electron chi connectivity index (χ2n) is 7.81. The van der Waals surface area contributed by atoms with Crippen molar-refractivity contribution in [2.24, 2.45) is 5.92 Å². The van der Waals surface area contributed by atoms with Gasteiger partial charge in [-0.05, 0) is 42.5 Å². The van der Waals surface area contributed by atoms with Gasteiger partial charge in [0.1, 0.15) is 5.69 Å². The first-order valence-corrected chi connectivity index (χ1v) is 9.77. The third-order valence-corrected chi connectivity index (χ3v) is 4.86. The van der Waals surface area contributed by atoms with E-state index in [1.807, 2.05) is 47.4 Å². The van der Waals surface area contributed by atoms with Gasteiger partial charge < -0.3 is 9.42 Å². The fraction of sp³-hybridized carbons (Fsp3) is 0.333. The lowest BCUT2D eigenvalue weighted by atomic mass is 10.0. The molecule has 1 heterocycles. The van der Waals surface area contributed by atoms with Crippen LogP contribution in [0.3, 0.4) is 0 Å². The summed E-state index contributed by atoms with van der Waals surface area (Å²) in [6, 6.07) is 18.2. The van der Waals surface area contributed by atoms with Gasteiger partial charge in [-0.25, -0.2) is 0 Å². The zero-order valence-electron chi connectivity index (χ0n) is 17.1. The summed E-state index contributed by atoms with van der Waals surface area (Å²) in [5.41, 5.74) is 5.34. The highest BCUT2D eigenvalue weighted by Gasteiger charge is 2.18. The van der Waals surface area contributed by atoms with Gasteiger partial charge in [-0.3, -0.25) is 4.79 Å². The number of rotatable bonds is 7. The second kappa shape index (κ2) is 8.87. The standard InChI is InChI=1S/C24H28N2O2/c1-17(2)12-24(27)26(15-20-8-6-5-7-9-20)16-22-14-23(28-25-22)21-11-10-18(3)19(4)13-21/h5-11,13-14,17H,12,15-16H2,1-4H3. The summed E-state index contributed by atoms with van der Waals surface area (Å²) in [4.78, 5) is 14.6. The fourth-order valence-corrected chi connectivity index (χ4v) is 3.13. The minimum absolute atomic E-state index is 0.134. The third kappa shape index (κ3) is 5.10. The normalized spacial score (nSPS) is 11.0. The first-order valence-electron chi connectivity index (χ1n) is 9.77. The van der Waals surface area contributed by atoms with Crippen molar-refractivity contribution in [3.63, 3.8) is 0 Å². The Morgan fingerprint density at radius 3 is 2.43 bits per heavy atom. The third-order valence-electron chi connectivity index (χ3n) is 4.86. The molecule has 0 aliphatic heterocycles. The molecule has 0 saturated carbocycles. The van der Waals surface area contributed by atoms with Crippen LogP contribution in [-0.2, 0) is 17.9 Å². The first kappa shape index (κ1) is 19.9.